The summed E-state index contributed by atoms with van der Waals surface area (Å²) in [5.41, 5.74) is 0.663. The second-order valence-corrected chi connectivity index (χ2v) is 4.56. The van der Waals surface area contributed by atoms with Crippen LogP contribution in [0.5, 0.6) is 0 Å². The number of aromatic nitrogens is 4. The van der Waals surface area contributed by atoms with Crippen LogP contribution in [0.3, 0.4) is 0 Å². The molecule has 0 spiro atoms. The first kappa shape index (κ1) is 11.3. The third-order valence-electron chi connectivity index (χ3n) is 3.30. The molecule has 1 fully saturated rings. The summed E-state index contributed by atoms with van der Waals surface area (Å²) in [6, 6.07) is 1.75. The molecule has 0 radical (unpaired) electrons. The van der Waals surface area contributed by atoms with E-state index in [9.17, 15) is 5.11 Å². The van der Waals surface area contributed by atoms with Crippen molar-refractivity contribution in [2.75, 3.05) is 0 Å². The first-order chi connectivity index (χ1) is 8.83. The minimum Gasteiger partial charge on any atom is -0.393 e. The third-order valence-corrected chi connectivity index (χ3v) is 3.30. The Morgan fingerprint density at radius 1 is 1.22 bits per heavy atom. The Kier molecular flexibility index (Phi) is 3.02. The summed E-state index contributed by atoms with van der Waals surface area (Å²) < 4.78 is 5.29. The van der Waals surface area contributed by atoms with Gasteiger partial charge in [0.05, 0.1) is 6.10 Å². The van der Waals surface area contributed by atoms with E-state index >= 15 is 0 Å². The van der Waals surface area contributed by atoms with Gasteiger partial charge in [-0.05, 0) is 31.7 Å². The van der Waals surface area contributed by atoms with Gasteiger partial charge in [-0.3, -0.25) is 0 Å². The molecule has 94 valence electrons. The lowest BCUT2D eigenvalue weighted by Crippen LogP contribution is -2.17. The van der Waals surface area contributed by atoms with Crippen molar-refractivity contribution < 1.29 is 9.63 Å². The van der Waals surface area contributed by atoms with E-state index in [1.165, 1.54) is 6.33 Å². The van der Waals surface area contributed by atoms with Crippen molar-refractivity contribution in [3.05, 3.63) is 24.5 Å². The molecule has 1 aliphatic carbocycles. The van der Waals surface area contributed by atoms with Crippen LogP contribution < -0.4 is 0 Å². The number of aliphatic hydroxyl groups is 1. The predicted molar refractivity (Wildman–Crippen MR) is 62.5 cm³/mol. The zero-order valence-electron chi connectivity index (χ0n) is 9.86. The molecule has 0 unspecified atom stereocenters. The SMILES string of the molecule is OC1CCC(c2nc(-c3ccncn3)no2)CC1. The van der Waals surface area contributed by atoms with Gasteiger partial charge >= 0.3 is 0 Å². The Morgan fingerprint density at radius 2 is 2.06 bits per heavy atom. The van der Waals surface area contributed by atoms with E-state index in [0.29, 0.717) is 17.4 Å². The van der Waals surface area contributed by atoms with Gasteiger partial charge < -0.3 is 9.63 Å². The van der Waals surface area contributed by atoms with Crippen LogP contribution in [0, 0.1) is 0 Å². The van der Waals surface area contributed by atoms with Crippen LogP contribution in [0.1, 0.15) is 37.5 Å². The topological polar surface area (TPSA) is 84.9 Å². The number of hydrogen-bond donors (Lipinski definition) is 1. The molecule has 0 saturated heterocycles. The molecular formula is C12H14N4O2. The number of aliphatic hydroxyl groups excluding tert-OH is 1. The van der Waals surface area contributed by atoms with Crippen LogP contribution in [-0.2, 0) is 0 Å². The lowest BCUT2D eigenvalue weighted by atomic mass is 9.87. The maximum absolute atomic E-state index is 9.47. The van der Waals surface area contributed by atoms with Gasteiger partial charge in [0.25, 0.3) is 0 Å². The summed E-state index contributed by atoms with van der Waals surface area (Å²) in [5.74, 6) is 1.41. The lowest BCUT2D eigenvalue weighted by Gasteiger charge is -2.22. The Hall–Kier alpha value is -1.82. The second-order valence-electron chi connectivity index (χ2n) is 4.56. The van der Waals surface area contributed by atoms with Crippen molar-refractivity contribution in [3.8, 4) is 11.5 Å². The van der Waals surface area contributed by atoms with E-state index in [1.807, 2.05) is 0 Å². The summed E-state index contributed by atoms with van der Waals surface area (Å²) in [7, 11) is 0. The summed E-state index contributed by atoms with van der Waals surface area (Å²) in [5, 5.41) is 13.4. The van der Waals surface area contributed by atoms with Crippen LogP contribution in [-0.4, -0.2) is 31.3 Å². The van der Waals surface area contributed by atoms with Crippen LogP contribution >= 0.6 is 0 Å². The van der Waals surface area contributed by atoms with Gasteiger partial charge in [-0.2, -0.15) is 4.98 Å². The van der Waals surface area contributed by atoms with Gasteiger partial charge in [0, 0.05) is 12.1 Å². The average molecular weight is 246 g/mol. The Labute approximate surface area is 104 Å². The highest BCUT2D eigenvalue weighted by Crippen LogP contribution is 2.32. The molecule has 3 rings (SSSR count). The predicted octanol–water partition coefficient (Wildman–Crippen LogP) is 1.55. The smallest absolute Gasteiger partial charge is 0.230 e. The average Bonchev–Trinajstić information content (AvgIpc) is 2.90. The number of rotatable bonds is 2. The zero-order chi connectivity index (χ0) is 12.4. The van der Waals surface area contributed by atoms with Crippen molar-refractivity contribution in [3.63, 3.8) is 0 Å². The van der Waals surface area contributed by atoms with E-state index in [0.717, 1.165) is 25.7 Å². The molecule has 2 aromatic heterocycles. The van der Waals surface area contributed by atoms with E-state index in [-0.39, 0.29) is 12.0 Å². The molecule has 6 heteroatoms. The van der Waals surface area contributed by atoms with Crippen LogP contribution in [0.2, 0.25) is 0 Å². The zero-order valence-corrected chi connectivity index (χ0v) is 9.86. The normalized spacial score (nSPS) is 24.1. The largest absolute Gasteiger partial charge is 0.393 e. The monoisotopic (exact) mass is 246 g/mol. The van der Waals surface area contributed by atoms with Gasteiger partial charge in [-0.15, -0.1) is 0 Å². The van der Waals surface area contributed by atoms with Crippen LogP contribution in [0.15, 0.2) is 23.1 Å². The molecule has 1 saturated carbocycles. The van der Waals surface area contributed by atoms with Gasteiger partial charge in [-0.1, -0.05) is 5.16 Å². The molecule has 0 amide bonds. The van der Waals surface area contributed by atoms with E-state index in [1.54, 1.807) is 12.3 Å². The molecular weight excluding hydrogens is 232 g/mol. The molecule has 2 heterocycles. The summed E-state index contributed by atoms with van der Waals surface area (Å²) >= 11 is 0. The summed E-state index contributed by atoms with van der Waals surface area (Å²) in [6.07, 6.45) is 6.33. The molecule has 0 bridgehead atoms. The first-order valence-corrected chi connectivity index (χ1v) is 6.11. The fourth-order valence-electron chi connectivity index (χ4n) is 2.25. The second kappa shape index (κ2) is 4.81. The fraction of sp³-hybridized carbons (Fsp3) is 0.500. The Balaban J connectivity index is 1.78. The molecule has 6 nitrogen and oxygen atoms in total. The number of hydrogen-bond acceptors (Lipinski definition) is 6. The van der Waals surface area contributed by atoms with Gasteiger partial charge in [0.15, 0.2) is 0 Å². The van der Waals surface area contributed by atoms with Gasteiger partial charge in [-0.25, -0.2) is 9.97 Å². The highest BCUT2D eigenvalue weighted by Gasteiger charge is 2.25. The minimum atomic E-state index is -0.175. The van der Waals surface area contributed by atoms with Crippen LogP contribution in [0.4, 0.5) is 0 Å². The molecule has 18 heavy (non-hydrogen) atoms. The highest BCUT2D eigenvalue weighted by molar-refractivity contribution is 5.46. The van der Waals surface area contributed by atoms with Crippen molar-refractivity contribution in [2.45, 2.75) is 37.7 Å². The maximum Gasteiger partial charge on any atom is 0.230 e. The Bertz CT molecular complexity index is 506. The molecule has 1 aliphatic rings. The van der Waals surface area contributed by atoms with E-state index < -0.39 is 0 Å². The highest BCUT2D eigenvalue weighted by atomic mass is 16.5. The van der Waals surface area contributed by atoms with Gasteiger partial charge in [0.2, 0.25) is 11.7 Å². The molecule has 0 atom stereocenters. The molecule has 1 N–H and O–H groups in total. The van der Waals surface area contributed by atoms with Crippen molar-refractivity contribution >= 4 is 0 Å². The molecule has 0 aliphatic heterocycles. The maximum atomic E-state index is 9.47. The van der Waals surface area contributed by atoms with E-state index in [4.69, 9.17) is 4.52 Å². The molecule has 0 aromatic carbocycles. The van der Waals surface area contributed by atoms with E-state index in [2.05, 4.69) is 20.1 Å². The fourth-order valence-corrected chi connectivity index (χ4v) is 2.25. The van der Waals surface area contributed by atoms with Gasteiger partial charge in [0.1, 0.15) is 12.0 Å². The first-order valence-electron chi connectivity index (χ1n) is 6.11. The minimum absolute atomic E-state index is 0.175. The quantitative estimate of drug-likeness (QED) is 0.865. The third kappa shape index (κ3) is 2.24. The van der Waals surface area contributed by atoms with Crippen LogP contribution in [0.25, 0.3) is 11.5 Å². The molecule has 2 aromatic rings. The Morgan fingerprint density at radius 3 is 2.78 bits per heavy atom. The standard InChI is InChI=1S/C12H14N4O2/c17-9-3-1-8(2-4-9)12-15-11(16-18-12)10-5-6-13-7-14-10/h5-9,17H,1-4H2. The number of nitrogens with zero attached hydrogens (tertiary/aromatic N) is 4. The lowest BCUT2D eigenvalue weighted by molar-refractivity contribution is 0.116. The van der Waals surface area contributed by atoms with Crippen molar-refractivity contribution in [2.24, 2.45) is 0 Å². The summed E-state index contributed by atoms with van der Waals surface area (Å²) in [4.78, 5) is 12.3. The van der Waals surface area contributed by atoms with Crippen molar-refractivity contribution in [1.82, 2.24) is 20.1 Å². The van der Waals surface area contributed by atoms with Crippen molar-refractivity contribution in [1.29, 1.82) is 0 Å². The summed E-state index contributed by atoms with van der Waals surface area (Å²) in [6.45, 7) is 0.